The minimum atomic E-state index is -0.256. The number of hydrogen-bond donors (Lipinski definition) is 1. The molecule has 2 aliphatic heterocycles. The maximum atomic E-state index is 12.0. The summed E-state index contributed by atoms with van der Waals surface area (Å²) in [4.78, 5) is 12.0. The summed E-state index contributed by atoms with van der Waals surface area (Å²) >= 11 is 1.75. The summed E-state index contributed by atoms with van der Waals surface area (Å²) in [5.41, 5.74) is 2.76. The molecule has 4 rings (SSSR count). The summed E-state index contributed by atoms with van der Waals surface area (Å²) in [5, 5.41) is 6.66. The number of carbonyl (C=O) groups excluding carboxylic acids is 1. The Bertz CT molecular complexity index is 769. The standard InChI is InChI=1S/C15H12N2O4S/c18-14(16-15-10-6-22-7-11(10)17-21-15)4-2-9-1-3-12-13(5-9)20-8-19-12/h1-5H,6-8H2,(H,16,18)/b4-2+. The Hall–Kier alpha value is -2.41. The van der Waals surface area contributed by atoms with Crippen molar-refractivity contribution in [2.45, 2.75) is 11.5 Å². The highest BCUT2D eigenvalue weighted by Crippen LogP contribution is 2.34. The van der Waals surface area contributed by atoms with E-state index in [0.29, 0.717) is 11.6 Å². The maximum absolute atomic E-state index is 12.0. The summed E-state index contributed by atoms with van der Waals surface area (Å²) in [6, 6.07) is 5.51. The van der Waals surface area contributed by atoms with Gasteiger partial charge >= 0.3 is 0 Å². The number of thioether (sulfide) groups is 1. The van der Waals surface area contributed by atoms with Gasteiger partial charge in [0.15, 0.2) is 11.5 Å². The molecule has 6 nitrogen and oxygen atoms in total. The molecule has 0 fully saturated rings. The SMILES string of the molecule is O=C(/C=C/c1ccc2c(c1)OCO2)Nc1onc2c1CSC2. The van der Waals surface area contributed by atoms with Crippen molar-refractivity contribution in [2.75, 3.05) is 12.1 Å². The van der Waals surface area contributed by atoms with Crippen LogP contribution in [0.4, 0.5) is 5.88 Å². The molecule has 0 saturated heterocycles. The number of aromatic nitrogens is 1. The Morgan fingerprint density at radius 2 is 2.18 bits per heavy atom. The number of anilines is 1. The van der Waals surface area contributed by atoms with Crippen molar-refractivity contribution in [1.82, 2.24) is 5.16 Å². The minimum absolute atomic E-state index is 0.234. The summed E-state index contributed by atoms with van der Waals surface area (Å²) in [7, 11) is 0. The number of nitrogens with zero attached hydrogens (tertiary/aromatic N) is 1. The average Bonchev–Trinajstić information content (AvgIpc) is 3.22. The van der Waals surface area contributed by atoms with Crippen molar-refractivity contribution >= 4 is 29.6 Å². The molecule has 0 unspecified atom stereocenters. The summed E-state index contributed by atoms with van der Waals surface area (Å²) < 4.78 is 15.7. The Morgan fingerprint density at radius 1 is 1.27 bits per heavy atom. The van der Waals surface area contributed by atoms with Gasteiger partial charge in [0.25, 0.3) is 5.91 Å². The Labute approximate surface area is 130 Å². The third kappa shape index (κ3) is 2.43. The molecular formula is C15H12N2O4S. The van der Waals surface area contributed by atoms with E-state index in [-0.39, 0.29) is 12.7 Å². The lowest BCUT2D eigenvalue weighted by Crippen LogP contribution is -2.08. The van der Waals surface area contributed by atoms with Gasteiger partial charge in [-0.2, -0.15) is 11.8 Å². The predicted molar refractivity (Wildman–Crippen MR) is 81.7 cm³/mol. The summed E-state index contributed by atoms with van der Waals surface area (Å²) in [6.45, 7) is 0.234. The largest absolute Gasteiger partial charge is 0.454 e. The molecule has 22 heavy (non-hydrogen) atoms. The van der Waals surface area contributed by atoms with E-state index in [1.54, 1.807) is 17.8 Å². The third-order valence-corrected chi connectivity index (χ3v) is 4.39. The normalized spacial score (nSPS) is 15.3. The van der Waals surface area contributed by atoms with Crippen molar-refractivity contribution in [3.8, 4) is 11.5 Å². The van der Waals surface area contributed by atoms with E-state index in [1.165, 1.54) is 6.08 Å². The van der Waals surface area contributed by atoms with Crippen LogP contribution in [-0.4, -0.2) is 17.9 Å². The topological polar surface area (TPSA) is 73.6 Å². The van der Waals surface area contributed by atoms with Gasteiger partial charge in [0.2, 0.25) is 12.7 Å². The van der Waals surface area contributed by atoms with Gasteiger partial charge in [0.05, 0.1) is 11.3 Å². The van der Waals surface area contributed by atoms with Gasteiger partial charge < -0.3 is 14.0 Å². The van der Waals surface area contributed by atoms with Crippen LogP contribution < -0.4 is 14.8 Å². The molecule has 0 bridgehead atoms. The highest BCUT2D eigenvalue weighted by atomic mass is 32.2. The first-order valence-corrected chi connectivity index (χ1v) is 7.89. The second kappa shape index (κ2) is 5.42. The molecule has 1 N–H and O–H groups in total. The van der Waals surface area contributed by atoms with Gasteiger partial charge in [-0.15, -0.1) is 0 Å². The van der Waals surface area contributed by atoms with E-state index >= 15 is 0 Å². The van der Waals surface area contributed by atoms with E-state index in [4.69, 9.17) is 14.0 Å². The number of fused-ring (bicyclic) bond motifs is 2. The van der Waals surface area contributed by atoms with Crippen LogP contribution in [0.2, 0.25) is 0 Å². The number of benzene rings is 1. The van der Waals surface area contributed by atoms with Gasteiger partial charge in [0.1, 0.15) is 0 Å². The van der Waals surface area contributed by atoms with E-state index in [9.17, 15) is 4.79 Å². The molecule has 0 atom stereocenters. The van der Waals surface area contributed by atoms with E-state index < -0.39 is 0 Å². The quantitative estimate of drug-likeness (QED) is 0.878. The van der Waals surface area contributed by atoms with Gasteiger partial charge in [-0.1, -0.05) is 11.2 Å². The molecule has 0 spiro atoms. The van der Waals surface area contributed by atoms with Crippen molar-refractivity contribution in [2.24, 2.45) is 0 Å². The molecule has 2 aliphatic rings. The first-order chi connectivity index (χ1) is 10.8. The molecule has 0 saturated carbocycles. The molecule has 0 radical (unpaired) electrons. The smallest absolute Gasteiger partial charge is 0.250 e. The summed E-state index contributed by atoms with van der Waals surface area (Å²) in [5.74, 6) is 3.25. The van der Waals surface area contributed by atoms with Crippen LogP contribution in [0.3, 0.4) is 0 Å². The summed E-state index contributed by atoms with van der Waals surface area (Å²) in [6.07, 6.45) is 3.16. The number of amides is 1. The second-order valence-electron chi connectivity index (χ2n) is 4.87. The first-order valence-electron chi connectivity index (χ1n) is 6.73. The molecule has 3 heterocycles. The average molecular weight is 316 g/mol. The van der Waals surface area contributed by atoms with Crippen LogP contribution in [0, 0.1) is 0 Å². The van der Waals surface area contributed by atoms with Crippen molar-refractivity contribution in [1.29, 1.82) is 0 Å². The van der Waals surface area contributed by atoms with Crippen LogP contribution in [-0.2, 0) is 16.3 Å². The number of ether oxygens (including phenoxy) is 2. The molecule has 1 aromatic heterocycles. The highest BCUT2D eigenvalue weighted by molar-refractivity contribution is 7.98. The molecule has 0 aliphatic carbocycles. The van der Waals surface area contributed by atoms with Crippen LogP contribution in [0.15, 0.2) is 28.8 Å². The molecule has 1 amide bonds. The van der Waals surface area contributed by atoms with Gasteiger partial charge in [-0.3, -0.25) is 10.1 Å². The number of carbonyl (C=O) groups is 1. The van der Waals surface area contributed by atoms with Gasteiger partial charge in [0, 0.05) is 17.6 Å². The lowest BCUT2D eigenvalue weighted by Gasteiger charge is -1.99. The van der Waals surface area contributed by atoms with Crippen LogP contribution >= 0.6 is 11.8 Å². The van der Waals surface area contributed by atoms with Gasteiger partial charge in [-0.25, -0.2) is 0 Å². The van der Waals surface area contributed by atoms with Crippen LogP contribution in [0.1, 0.15) is 16.8 Å². The van der Waals surface area contributed by atoms with E-state index in [0.717, 1.165) is 34.1 Å². The Morgan fingerprint density at radius 3 is 3.14 bits per heavy atom. The lowest BCUT2D eigenvalue weighted by molar-refractivity contribution is -0.112. The third-order valence-electron chi connectivity index (χ3n) is 3.42. The molecule has 1 aromatic carbocycles. The zero-order valence-electron chi connectivity index (χ0n) is 11.5. The number of hydrogen-bond acceptors (Lipinski definition) is 6. The lowest BCUT2D eigenvalue weighted by atomic mass is 10.2. The molecule has 112 valence electrons. The second-order valence-corrected chi connectivity index (χ2v) is 5.85. The Balaban J connectivity index is 1.45. The predicted octanol–water partition coefficient (Wildman–Crippen LogP) is 2.80. The van der Waals surface area contributed by atoms with Crippen LogP contribution in [0.25, 0.3) is 6.08 Å². The van der Waals surface area contributed by atoms with E-state index in [2.05, 4.69) is 10.5 Å². The fraction of sp³-hybridized carbons (Fsp3) is 0.200. The van der Waals surface area contributed by atoms with Crippen molar-refractivity contribution in [3.63, 3.8) is 0 Å². The van der Waals surface area contributed by atoms with Gasteiger partial charge in [-0.05, 0) is 23.8 Å². The minimum Gasteiger partial charge on any atom is -0.454 e. The van der Waals surface area contributed by atoms with E-state index in [1.807, 2.05) is 18.2 Å². The monoisotopic (exact) mass is 316 g/mol. The zero-order valence-corrected chi connectivity index (χ0v) is 12.3. The molecule has 2 aromatic rings. The number of nitrogens with one attached hydrogen (secondary N) is 1. The number of rotatable bonds is 3. The molecule has 7 heteroatoms. The molecular weight excluding hydrogens is 304 g/mol. The zero-order chi connectivity index (χ0) is 14.9. The van der Waals surface area contributed by atoms with Crippen molar-refractivity contribution < 1.29 is 18.8 Å². The highest BCUT2D eigenvalue weighted by Gasteiger charge is 2.22. The Kier molecular flexibility index (Phi) is 3.27. The maximum Gasteiger partial charge on any atom is 0.250 e. The van der Waals surface area contributed by atoms with Crippen molar-refractivity contribution in [3.05, 3.63) is 41.1 Å². The fourth-order valence-electron chi connectivity index (χ4n) is 2.29. The fourth-order valence-corrected chi connectivity index (χ4v) is 3.32. The first kappa shape index (κ1) is 13.3. The van der Waals surface area contributed by atoms with Crippen LogP contribution in [0.5, 0.6) is 11.5 Å².